The van der Waals surface area contributed by atoms with Gasteiger partial charge < -0.3 is 0 Å². The zero-order valence-electron chi connectivity index (χ0n) is 17.1. The van der Waals surface area contributed by atoms with E-state index in [0.717, 1.165) is 50.2 Å². The van der Waals surface area contributed by atoms with Crippen molar-refractivity contribution in [2.45, 2.75) is 30.5 Å². The molecule has 1 fully saturated rings. The van der Waals surface area contributed by atoms with Gasteiger partial charge in [-0.05, 0) is 36.8 Å². The summed E-state index contributed by atoms with van der Waals surface area (Å²) in [5.41, 5.74) is -1.59. The number of anilines is 1. The van der Waals surface area contributed by atoms with Gasteiger partial charge in [0.2, 0.25) is 11.2 Å². The highest BCUT2D eigenvalue weighted by molar-refractivity contribution is 8.00. The summed E-state index contributed by atoms with van der Waals surface area (Å²) in [6, 6.07) is 5.79. The van der Waals surface area contributed by atoms with Crippen LogP contribution in [0.2, 0.25) is 0 Å². The van der Waals surface area contributed by atoms with Crippen LogP contribution in [0, 0.1) is 11.3 Å². The molecule has 13 heteroatoms. The van der Waals surface area contributed by atoms with Crippen molar-refractivity contribution in [1.82, 2.24) is 10.3 Å². The van der Waals surface area contributed by atoms with E-state index < -0.39 is 23.2 Å². The lowest BCUT2D eigenvalue weighted by atomic mass is 10.1. The fourth-order valence-corrected chi connectivity index (χ4v) is 4.81. The van der Waals surface area contributed by atoms with Crippen molar-refractivity contribution in [3.05, 3.63) is 40.9 Å². The third-order valence-electron chi connectivity index (χ3n) is 4.86. The molecule has 0 unspecified atom stereocenters. The van der Waals surface area contributed by atoms with Crippen LogP contribution in [0.5, 0.6) is 0 Å². The first-order valence-corrected chi connectivity index (χ1v) is 11.8. The van der Waals surface area contributed by atoms with E-state index in [9.17, 15) is 23.2 Å². The number of aromatic nitrogens is 3. The molecule has 4 rings (SSSR count). The monoisotopic (exact) mass is 495 g/mol. The molecule has 1 amide bonds. The Morgan fingerprint density at radius 2 is 2.15 bits per heavy atom. The van der Waals surface area contributed by atoms with Gasteiger partial charge in [0.05, 0.1) is 45.3 Å². The van der Waals surface area contributed by atoms with E-state index in [1.54, 1.807) is 23.6 Å². The summed E-state index contributed by atoms with van der Waals surface area (Å²) in [5, 5.41) is 19.3. The number of thioether (sulfide) groups is 1. The molecule has 33 heavy (non-hydrogen) atoms. The van der Waals surface area contributed by atoms with Crippen LogP contribution in [-0.4, -0.2) is 35.0 Å². The molecule has 3 aromatic rings. The van der Waals surface area contributed by atoms with Crippen molar-refractivity contribution in [2.75, 3.05) is 29.2 Å². The first kappa shape index (κ1) is 23.1. The SMILES string of the molecule is N#Cc1c(C(F)(F)F)cc(-c2cccs2)nc1SCC(=O)Nc1c[n+](N2CCCCC2)no1. The summed E-state index contributed by atoms with van der Waals surface area (Å²) < 4.78 is 45.9. The number of thiophene rings is 1. The minimum atomic E-state index is -4.74. The molecule has 1 aliphatic rings. The fraction of sp³-hybridized carbons (Fsp3) is 0.350. The third kappa shape index (κ3) is 5.45. The molecule has 4 heterocycles. The third-order valence-corrected chi connectivity index (χ3v) is 6.73. The van der Waals surface area contributed by atoms with Gasteiger partial charge in [-0.2, -0.15) is 23.4 Å². The minimum Gasteiger partial charge on any atom is -0.288 e. The molecule has 0 bridgehead atoms. The van der Waals surface area contributed by atoms with Crippen molar-refractivity contribution < 1.29 is 27.3 Å². The lowest BCUT2D eigenvalue weighted by Gasteiger charge is -2.17. The number of pyridine rings is 1. The fourth-order valence-electron chi connectivity index (χ4n) is 3.32. The molecule has 1 saturated heterocycles. The number of halogens is 3. The number of piperidine rings is 1. The highest BCUT2D eigenvalue weighted by Gasteiger charge is 2.36. The second-order valence-corrected chi connectivity index (χ2v) is 9.07. The number of carbonyl (C=O) groups excluding carboxylic acids is 1. The summed E-state index contributed by atoms with van der Waals surface area (Å²) in [4.78, 5) is 18.7. The number of nitrogens with one attached hydrogen (secondary N) is 1. The number of hydrogen-bond donors (Lipinski definition) is 1. The Kier molecular flexibility index (Phi) is 6.85. The molecule has 8 nitrogen and oxygen atoms in total. The van der Waals surface area contributed by atoms with Crippen molar-refractivity contribution in [1.29, 1.82) is 5.26 Å². The largest absolute Gasteiger partial charge is 0.417 e. The quantitative estimate of drug-likeness (QED) is 0.410. The van der Waals surface area contributed by atoms with Crippen LogP contribution < -0.4 is 15.1 Å². The maximum absolute atomic E-state index is 13.6. The lowest BCUT2D eigenvalue weighted by molar-refractivity contribution is -0.759. The van der Waals surface area contributed by atoms with Crippen LogP contribution in [0.3, 0.4) is 0 Å². The minimum absolute atomic E-state index is 0.0945. The maximum atomic E-state index is 13.6. The summed E-state index contributed by atoms with van der Waals surface area (Å²) >= 11 is 1.99. The number of hydrogen-bond acceptors (Lipinski definition) is 8. The average molecular weight is 496 g/mol. The van der Waals surface area contributed by atoms with Gasteiger partial charge in [-0.1, -0.05) is 17.8 Å². The summed E-state index contributed by atoms with van der Waals surface area (Å²) in [6.07, 6.45) is 0.0252. The Morgan fingerprint density at radius 3 is 2.82 bits per heavy atom. The van der Waals surface area contributed by atoms with Crippen LogP contribution in [0.1, 0.15) is 30.4 Å². The number of alkyl halides is 3. The van der Waals surface area contributed by atoms with Gasteiger partial charge in [0.25, 0.3) is 6.20 Å². The molecule has 172 valence electrons. The summed E-state index contributed by atoms with van der Waals surface area (Å²) in [7, 11) is 0. The molecule has 0 aromatic carbocycles. The Morgan fingerprint density at radius 1 is 1.36 bits per heavy atom. The number of amides is 1. The van der Waals surface area contributed by atoms with Gasteiger partial charge in [0.15, 0.2) is 0 Å². The molecule has 0 aliphatic carbocycles. The molecule has 3 aromatic heterocycles. The van der Waals surface area contributed by atoms with Gasteiger partial charge in [0.1, 0.15) is 11.1 Å². The van der Waals surface area contributed by atoms with Crippen molar-refractivity contribution in [2.24, 2.45) is 0 Å². The van der Waals surface area contributed by atoms with Crippen LogP contribution in [0.4, 0.5) is 19.1 Å². The molecular formula is C20H18F3N6O2S2+. The Labute approximate surface area is 195 Å². The van der Waals surface area contributed by atoms with Gasteiger partial charge in [-0.15, -0.1) is 11.3 Å². The normalized spacial score (nSPS) is 14.2. The van der Waals surface area contributed by atoms with Gasteiger partial charge in [-0.3, -0.25) is 14.6 Å². The maximum Gasteiger partial charge on any atom is 0.417 e. The summed E-state index contributed by atoms with van der Waals surface area (Å²) in [5.74, 6) is -0.678. The second-order valence-electron chi connectivity index (χ2n) is 7.16. The predicted molar refractivity (Wildman–Crippen MR) is 115 cm³/mol. The van der Waals surface area contributed by atoms with E-state index in [-0.39, 0.29) is 22.4 Å². The van der Waals surface area contributed by atoms with E-state index in [2.05, 4.69) is 15.6 Å². The Bertz CT molecular complexity index is 1170. The first-order chi connectivity index (χ1) is 15.8. The van der Waals surface area contributed by atoms with Crippen LogP contribution in [0.15, 0.2) is 39.3 Å². The van der Waals surface area contributed by atoms with Crippen molar-refractivity contribution >= 4 is 34.9 Å². The van der Waals surface area contributed by atoms with Gasteiger partial charge in [0, 0.05) is 0 Å². The first-order valence-electron chi connectivity index (χ1n) is 9.98. The number of nitriles is 1. The van der Waals surface area contributed by atoms with E-state index in [1.165, 1.54) is 22.3 Å². The zero-order valence-corrected chi connectivity index (χ0v) is 18.8. The number of rotatable bonds is 6. The van der Waals surface area contributed by atoms with Crippen molar-refractivity contribution in [3.8, 4) is 16.6 Å². The second kappa shape index (κ2) is 9.80. The number of carbonyl (C=O) groups is 1. The van der Waals surface area contributed by atoms with Crippen LogP contribution in [-0.2, 0) is 11.0 Å². The van der Waals surface area contributed by atoms with Crippen LogP contribution >= 0.6 is 23.1 Å². The summed E-state index contributed by atoms with van der Waals surface area (Å²) in [6.45, 7) is 1.65. The molecule has 0 saturated carbocycles. The highest BCUT2D eigenvalue weighted by Crippen LogP contribution is 2.38. The molecular weight excluding hydrogens is 477 g/mol. The molecule has 1 N–H and O–H groups in total. The van der Waals surface area contributed by atoms with E-state index in [4.69, 9.17) is 4.52 Å². The highest BCUT2D eigenvalue weighted by atomic mass is 32.2. The smallest absolute Gasteiger partial charge is 0.288 e. The van der Waals surface area contributed by atoms with Gasteiger partial charge in [-0.25, -0.2) is 4.98 Å². The van der Waals surface area contributed by atoms with Crippen molar-refractivity contribution in [3.63, 3.8) is 0 Å². The van der Waals surface area contributed by atoms with E-state index in [0.29, 0.717) is 4.88 Å². The molecule has 0 radical (unpaired) electrons. The average Bonchev–Trinajstić information content (AvgIpc) is 3.49. The lowest BCUT2D eigenvalue weighted by Crippen LogP contribution is -2.60. The molecule has 0 spiro atoms. The standard InChI is InChI=1S/C20H17F3N6O2S2/c21-20(22,23)14-9-15(16-5-4-8-32-16)25-19(13(14)10-24)33-12-17(30)26-18-11-29(27-31-18)28-6-2-1-3-7-28/h4-5,8-9,11H,1-3,6-7,12H2/p+1. The Hall–Kier alpha value is -3.11. The van der Waals surface area contributed by atoms with Gasteiger partial charge >= 0.3 is 12.1 Å². The molecule has 0 atom stereocenters. The predicted octanol–water partition coefficient (Wildman–Crippen LogP) is 3.83. The molecule has 1 aliphatic heterocycles. The zero-order chi connectivity index (χ0) is 23.4. The number of nitrogens with zero attached hydrogens (tertiary/aromatic N) is 5. The topological polar surface area (TPSA) is 98.9 Å². The van der Waals surface area contributed by atoms with E-state index >= 15 is 0 Å². The van der Waals surface area contributed by atoms with E-state index in [1.807, 2.05) is 5.01 Å². The van der Waals surface area contributed by atoms with Crippen LogP contribution in [0.25, 0.3) is 10.6 Å². The Balaban J connectivity index is 1.49.